The summed E-state index contributed by atoms with van der Waals surface area (Å²) in [7, 11) is 1.91. The number of halogens is 1. The Hall–Kier alpha value is -1.11. The number of aryl methyl sites for hydroxylation is 1. The van der Waals surface area contributed by atoms with Crippen LogP contribution in [-0.2, 0) is 18.4 Å². The van der Waals surface area contributed by atoms with Gasteiger partial charge in [-0.3, -0.25) is 14.4 Å². The van der Waals surface area contributed by atoms with Crippen LogP contribution >= 0.6 is 11.6 Å². The van der Waals surface area contributed by atoms with E-state index in [9.17, 15) is 4.79 Å². The molecule has 2 saturated heterocycles. The molecule has 22 heavy (non-hydrogen) atoms. The fourth-order valence-electron chi connectivity index (χ4n) is 3.37. The number of hydrogen-bond acceptors (Lipinski definition) is 4. The minimum atomic E-state index is 0.124. The van der Waals surface area contributed by atoms with Crippen LogP contribution in [0.2, 0.25) is 5.02 Å². The molecule has 1 unspecified atom stereocenters. The van der Waals surface area contributed by atoms with Crippen molar-refractivity contribution in [3.63, 3.8) is 0 Å². The van der Waals surface area contributed by atoms with Gasteiger partial charge in [0, 0.05) is 46.3 Å². The van der Waals surface area contributed by atoms with Crippen molar-refractivity contribution >= 4 is 17.5 Å². The highest BCUT2D eigenvalue weighted by atomic mass is 35.5. The molecule has 0 saturated carbocycles. The zero-order valence-corrected chi connectivity index (χ0v) is 13.8. The molecule has 1 N–H and O–H groups in total. The highest BCUT2D eigenvalue weighted by Crippen LogP contribution is 2.23. The van der Waals surface area contributed by atoms with E-state index in [4.69, 9.17) is 11.6 Å². The number of nitrogens with zero attached hydrogens (tertiary/aromatic N) is 4. The number of amides is 1. The molecule has 0 aromatic carbocycles. The standard InChI is InChI=1S/C15H24ClN5O/c1-19-14(13(16)9-18-19)11-20-6-2-3-12(10-20)15(22)21-7-4-17-5-8-21/h9,12,17H,2-8,10-11H2,1H3. The highest BCUT2D eigenvalue weighted by Gasteiger charge is 2.30. The van der Waals surface area contributed by atoms with Crippen molar-refractivity contribution in [2.75, 3.05) is 39.3 Å². The van der Waals surface area contributed by atoms with Gasteiger partial charge in [-0.1, -0.05) is 11.6 Å². The number of piperidine rings is 1. The Morgan fingerprint density at radius 3 is 2.86 bits per heavy atom. The second kappa shape index (κ2) is 6.98. The lowest BCUT2D eigenvalue weighted by Crippen LogP contribution is -2.51. The second-order valence-corrected chi connectivity index (χ2v) is 6.62. The van der Waals surface area contributed by atoms with Crippen LogP contribution in [0.5, 0.6) is 0 Å². The Kier molecular flexibility index (Phi) is 5.00. The summed E-state index contributed by atoms with van der Waals surface area (Å²) in [5, 5.41) is 8.19. The normalized spacial score (nSPS) is 23.7. The first kappa shape index (κ1) is 15.8. The van der Waals surface area contributed by atoms with Gasteiger partial charge in [-0.15, -0.1) is 0 Å². The van der Waals surface area contributed by atoms with E-state index < -0.39 is 0 Å². The van der Waals surface area contributed by atoms with E-state index in [1.165, 1.54) is 0 Å². The van der Waals surface area contributed by atoms with Crippen molar-refractivity contribution in [3.8, 4) is 0 Å². The van der Waals surface area contributed by atoms with Crippen LogP contribution in [0.3, 0.4) is 0 Å². The van der Waals surface area contributed by atoms with Crippen molar-refractivity contribution in [2.45, 2.75) is 19.4 Å². The molecule has 6 nitrogen and oxygen atoms in total. The molecule has 1 amide bonds. The van der Waals surface area contributed by atoms with Crippen molar-refractivity contribution in [2.24, 2.45) is 13.0 Å². The maximum Gasteiger partial charge on any atom is 0.227 e. The molecule has 1 aromatic heterocycles. The third-order valence-electron chi connectivity index (χ3n) is 4.67. The number of likely N-dealkylation sites (tertiary alicyclic amines) is 1. The molecule has 3 heterocycles. The van der Waals surface area contributed by atoms with Crippen LogP contribution in [-0.4, -0.2) is 64.8 Å². The average molecular weight is 326 g/mol. The predicted molar refractivity (Wildman–Crippen MR) is 85.7 cm³/mol. The summed E-state index contributed by atoms with van der Waals surface area (Å²) in [5.74, 6) is 0.446. The van der Waals surface area contributed by atoms with E-state index in [1.807, 2.05) is 16.6 Å². The molecular formula is C15H24ClN5O. The smallest absolute Gasteiger partial charge is 0.227 e. The van der Waals surface area contributed by atoms with Gasteiger partial charge in [0.05, 0.1) is 22.8 Å². The van der Waals surface area contributed by atoms with E-state index in [0.29, 0.717) is 10.9 Å². The van der Waals surface area contributed by atoms with Crippen molar-refractivity contribution in [3.05, 3.63) is 16.9 Å². The number of piperazine rings is 1. The molecule has 122 valence electrons. The molecule has 2 fully saturated rings. The molecule has 1 atom stereocenters. The van der Waals surface area contributed by atoms with Gasteiger partial charge in [-0.25, -0.2) is 0 Å². The summed E-state index contributed by atoms with van der Waals surface area (Å²) in [6.07, 6.45) is 3.75. The maximum atomic E-state index is 12.7. The second-order valence-electron chi connectivity index (χ2n) is 6.21. The Bertz CT molecular complexity index is 507. The Morgan fingerprint density at radius 2 is 2.18 bits per heavy atom. The fourth-order valence-corrected chi connectivity index (χ4v) is 3.60. The molecule has 0 bridgehead atoms. The van der Waals surface area contributed by atoms with Gasteiger partial charge in [-0.05, 0) is 19.4 Å². The number of nitrogens with one attached hydrogen (secondary N) is 1. The first-order chi connectivity index (χ1) is 10.6. The monoisotopic (exact) mass is 325 g/mol. The summed E-state index contributed by atoms with van der Waals surface area (Å²) < 4.78 is 1.82. The van der Waals surface area contributed by atoms with E-state index in [2.05, 4.69) is 15.3 Å². The summed E-state index contributed by atoms with van der Waals surface area (Å²) in [5.41, 5.74) is 1.02. The van der Waals surface area contributed by atoms with Crippen LogP contribution in [0.25, 0.3) is 0 Å². The van der Waals surface area contributed by atoms with Gasteiger partial charge in [-0.2, -0.15) is 5.10 Å². The molecule has 0 aliphatic carbocycles. The topological polar surface area (TPSA) is 53.4 Å². The zero-order chi connectivity index (χ0) is 15.5. The maximum absolute atomic E-state index is 12.7. The van der Waals surface area contributed by atoms with Crippen LogP contribution in [0, 0.1) is 5.92 Å². The Morgan fingerprint density at radius 1 is 1.41 bits per heavy atom. The van der Waals surface area contributed by atoms with E-state index in [-0.39, 0.29) is 5.92 Å². The minimum absolute atomic E-state index is 0.124. The van der Waals surface area contributed by atoms with E-state index in [0.717, 1.165) is 64.3 Å². The van der Waals surface area contributed by atoms with E-state index >= 15 is 0 Å². The lowest BCUT2D eigenvalue weighted by Gasteiger charge is -2.36. The highest BCUT2D eigenvalue weighted by molar-refractivity contribution is 6.31. The Labute approximate surface area is 136 Å². The fraction of sp³-hybridized carbons (Fsp3) is 0.733. The van der Waals surface area contributed by atoms with Crippen LogP contribution in [0.1, 0.15) is 18.5 Å². The summed E-state index contributed by atoms with van der Waals surface area (Å²) >= 11 is 6.19. The third-order valence-corrected chi connectivity index (χ3v) is 4.98. The molecule has 0 spiro atoms. The summed E-state index contributed by atoms with van der Waals surface area (Å²) in [6.45, 7) is 6.10. The number of carbonyl (C=O) groups excluding carboxylic acids is 1. The molecule has 2 aliphatic heterocycles. The van der Waals surface area contributed by atoms with Crippen LogP contribution < -0.4 is 5.32 Å². The number of rotatable bonds is 3. The van der Waals surface area contributed by atoms with Gasteiger partial charge in [0.1, 0.15) is 0 Å². The molecule has 3 rings (SSSR count). The van der Waals surface area contributed by atoms with Gasteiger partial charge in [0.15, 0.2) is 0 Å². The average Bonchev–Trinajstić information content (AvgIpc) is 2.87. The largest absolute Gasteiger partial charge is 0.340 e. The lowest BCUT2D eigenvalue weighted by molar-refractivity contribution is -0.138. The van der Waals surface area contributed by atoms with Gasteiger partial charge >= 0.3 is 0 Å². The first-order valence-corrected chi connectivity index (χ1v) is 8.41. The molecule has 1 aromatic rings. The summed E-state index contributed by atoms with van der Waals surface area (Å²) in [6, 6.07) is 0. The SMILES string of the molecule is Cn1ncc(Cl)c1CN1CCCC(C(=O)N2CCNCC2)C1. The molecule has 0 radical (unpaired) electrons. The molecule has 7 heteroatoms. The predicted octanol–water partition coefficient (Wildman–Crippen LogP) is 0.717. The van der Waals surface area contributed by atoms with Gasteiger partial charge < -0.3 is 10.2 Å². The van der Waals surface area contributed by atoms with Crippen molar-refractivity contribution in [1.82, 2.24) is 24.9 Å². The van der Waals surface area contributed by atoms with Gasteiger partial charge in [0.2, 0.25) is 5.91 Å². The number of hydrogen-bond donors (Lipinski definition) is 1. The zero-order valence-electron chi connectivity index (χ0n) is 13.1. The third kappa shape index (κ3) is 3.45. The van der Waals surface area contributed by atoms with Crippen molar-refractivity contribution in [1.29, 1.82) is 0 Å². The molecular weight excluding hydrogens is 302 g/mol. The quantitative estimate of drug-likeness (QED) is 0.889. The Balaban J connectivity index is 1.60. The summed E-state index contributed by atoms with van der Waals surface area (Å²) in [4.78, 5) is 17.0. The molecule has 2 aliphatic rings. The minimum Gasteiger partial charge on any atom is -0.340 e. The van der Waals surface area contributed by atoms with Crippen LogP contribution in [0.15, 0.2) is 6.20 Å². The number of carbonyl (C=O) groups is 1. The lowest BCUT2D eigenvalue weighted by atomic mass is 9.96. The van der Waals surface area contributed by atoms with E-state index in [1.54, 1.807) is 6.20 Å². The van der Waals surface area contributed by atoms with Crippen LogP contribution in [0.4, 0.5) is 0 Å². The van der Waals surface area contributed by atoms with Crippen molar-refractivity contribution < 1.29 is 4.79 Å². The first-order valence-electron chi connectivity index (χ1n) is 8.03. The number of aromatic nitrogens is 2. The van der Waals surface area contributed by atoms with Gasteiger partial charge in [0.25, 0.3) is 0 Å².